The van der Waals surface area contributed by atoms with Crippen LogP contribution in [0.1, 0.15) is 57.9 Å². The van der Waals surface area contributed by atoms with Crippen LogP contribution in [0.3, 0.4) is 0 Å². The van der Waals surface area contributed by atoms with E-state index in [1.807, 2.05) is 31.4 Å². The van der Waals surface area contributed by atoms with Gasteiger partial charge in [-0.1, -0.05) is 19.9 Å². The fourth-order valence-electron chi connectivity index (χ4n) is 2.57. The van der Waals surface area contributed by atoms with Crippen LogP contribution in [0.25, 0.3) is 10.6 Å². The van der Waals surface area contributed by atoms with Gasteiger partial charge in [0, 0.05) is 6.54 Å². The van der Waals surface area contributed by atoms with E-state index < -0.39 is 17.2 Å². The lowest BCUT2D eigenvalue weighted by atomic mass is 9.92. The van der Waals surface area contributed by atoms with Crippen molar-refractivity contribution in [3.05, 3.63) is 29.6 Å². The van der Waals surface area contributed by atoms with Crippen molar-refractivity contribution >= 4 is 23.3 Å². The molecule has 0 bridgehead atoms. The van der Waals surface area contributed by atoms with Crippen molar-refractivity contribution < 1.29 is 18.7 Å². The molecule has 0 aliphatic rings. The molecule has 7 nitrogen and oxygen atoms in total. The van der Waals surface area contributed by atoms with Crippen molar-refractivity contribution in [1.82, 2.24) is 15.6 Å². The molecule has 8 heteroatoms. The number of nitrogens with one attached hydrogen (secondary N) is 2. The SMILES string of the molecule is CCC(CC)(CNC(=O)OC(C)(C)C)NC(=O)c1ncoc1-c1cccs1. The lowest BCUT2D eigenvalue weighted by Gasteiger charge is -2.33. The van der Waals surface area contributed by atoms with Gasteiger partial charge >= 0.3 is 6.09 Å². The number of hydrogen-bond acceptors (Lipinski definition) is 6. The minimum atomic E-state index is -0.611. The second-order valence-corrected chi connectivity index (χ2v) is 8.25. The quantitative estimate of drug-likeness (QED) is 0.735. The van der Waals surface area contributed by atoms with Crippen molar-refractivity contribution in [2.24, 2.45) is 0 Å². The van der Waals surface area contributed by atoms with Crippen LogP contribution in [0.4, 0.5) is 4.79 Å². The lowest BCUT2D eigenvalue weighted by Crippen LogP contribution is -2.55. The molecule has 0 aliphatic carbocycles. The molecule has 2 aromatic heterocycles. The second kappa shape index (κ2) is 8.56. The summed E-state index contributed by atoms with van der Waals surface area (Å²) in [6, 6.07) is 3.76. The van der Waals surface area contributed by atoms with Crippen molar-refractivity contribution in [3.8, 4) is 10.6 Å². The van der Waals surface area contributed by atoms with Crippen LogP contribution in [-0.2, 0) is 4.74 Å². The Hall–Kier alpha value is -2.35. The molecule has 0 aromatic carbocycles. The van der Waals surface area contributed by atoms with Crippen molar-refractivity contribution in [1.29, 1.82) is 0 Å². The highest BCUT2D eigenvalue weighted by Gasteiger charge is 2.32. The first-order valence-corrected chi connectivity index (χ1v) is 9.84. The summed E-state index contributed by atoms with van der Waals surface area (Å²) in [5.41, 5.74) is -0.953. The molecule has 0 unspecified atom stereocenters. The summed E-state index contributed by atoms with van der Waals surface area (Å²) in [6.07, 6.45) is 2.03. The summed E-state index contributed by atoms with van der Waals surface area (Å²) in [5.74, 6) is 0.116. The number of nitrogens with zero attached hydrogens (tertiary/aromatic N) is 1. The summed E-state index contributed by atoms with van der Waals surface area (Å²) in [4.78, 5) is 29.8. The minimum Gasteiger partial charge on any atom is -0.444 e. The first-order chi connectivity index (χ1) is 12.7. The number of carbonyl (C=O) groups is 2. The molecule has 2 amide bonds. The van der Waals surface area contributed by atoms with Gasteiger partial charge in [0.2, 0.25) is 0 Å². The van der Waals surface area contributed by atoms with Crippen LogP contribution in [0, 0.1) is 0 Å². The summed E-state index contributed by atoms with van der Waals surface area (Å²) < 4.78 is 10.7. The van der Waals surface area contributed by atoms with Crippen molar-refractivity contribution in [3.63, 3.8) is 0 Å². The molecule has 2 N–H and O–H groups in total. The van der Waals surface area contributed by atoms with Crippen LogP contribution >= 0.6 is 11.3 Å². The summed E-state index contributed by atoms with van der Waals surface area (Å²) in [7, 11) is 0. The molecular weight excluding hydrogens is 366 g/mol. The first-order valence-electron chi connectivity index (χ1n) is 8.96. The van der Waals surface area contributed by atoms with Gasteiger partial charge in [0.15, 0.2) is 17.8 Å². The zero-order valence-electron chi connectivity index (χ0n) is 16.4. The Morgan fingerprint density at radius 3 is 2.52 bits per heavy atom. The van der Waals surface area contributed by atoms with E-state index in [1.165, 1.54) is 17.7 Å². The second-order valence-electron chi connectivity index (χ2n) is 7.30. The van der Waals surface area contributed by atoms with Gasteiger partial charge in [-0.2, -0.15) is 0 Å². The van der Waals surface area contributed by atoms with E-state index in [9.17, 15) is 9.59 Å². The number of rotatable bonds is 7. The zero-order valence-corrected chi connectivity index (χ0v) is 17.2. The van der Waals surface area contributed by atoms with Gasteiger partial charge in [-0.05, 0) is 45.1 Å². The highest BCUT2D eigenvalue weighted by Crippen LogP contribution is 2.28. The molecule has 0 aliphatic heterocycles. The Bertz CT molecular complexity index is 758. The molecule has 2 heterocycles. The number of carbonyl (C=O) groups excluding carboxylic acids is 2. The van der Waals surface area contributed by atoms with Crippen molar-refractivity contribution in [2.45, 2.75) is 58.6 Å². The Kier molecular flexibility index (Phi) is 6.64. The number of thiophene rings is 1. The van der Waals surface area contributed by atoms with Crippen LogP contribution in [0.15, 0.2) is 28.3 Å². The molecule has 27 heavy (non-hydrogen) atoms. The van der Waals surface area contributed by atoms with Crippen LogP contribution in [0.5, 0.6) is 0 Å². The van der Waals surface area contributed by atoms with Gasteiger partial charge < -0.3 is 19.8 Å². The normalized spacial score (nSPS) is 11.9. The fraction of sp³-hybridized carbons (Fsp3) is 0.526. The predicted octanol–water partition coefficient (Wildman–Crippen LogP) is 4.22. The Morgan fingerprint density at radius 2 is 1.96 bits per heavy atom. The third kappa shape index (κ3) is 5.56. The van der Waals surface area contributed by atoms with E-state index in [2.05, 4.69) is 15.6 Å². The number of hydrogen-bond donors (Lipinski definition) is 2. The van der Waals surface area contributed by atoms with E-state index in [0.717, 1.165) is 4.88 Å². The average Bonchev–Trinajstić information content (AvgIpc) is 3.27. The molecular formula is C19H27N3O4S. The third-order valence-corrected chi connectivity index (χ3v) is 5.10. The van der Waals surface area contributed by atoms with Crippen LogP contribution in [0.2, 0.25) is 0 Å². The van der Waals surface area contributed by atoms with E-state index in [-0.39, 0.29) is 18.1 Å². The summed E-state index contributed by atoms with van der Waals surface area (Å²) >= 11 is 1.47. The molecule has 148 valence electrons. The monoisotopic (exact) mass is 393 g/mol. The number of ether oxygens (including phenoxy) is 1. The molecule has 0 spiro atoms. The zero-order chi connectivity index (χ0) is 20.1. The first kappa shape index (κ1) is 21.0. The van der Waals surface area contributed by atoms with Crippen LogP contribution < -0.4 is 10.6 Å². The van der Waals surface area contributed by atoms with Crippen LogP contribution in [-0.4, -0.2) is 34.7 Å². The molecule has 0 saturated heterocycles. The molecule has 0 fully saturated rings. The molecule has 2 rings (SSSR count). The third-order valence-electron chi connectivity index (χ3n) is 4.23. The van der Waals surface area contributed by atoms with Crippen molar-refractivity contribution in [2.75, 3.05) is 6.54 Å². The topological polar surface area (TPSA) is 93.5 Å². The predicted molar refractivity (Wildman–Crippen MR) is 105 cm³/mol. The number of oxazole rings is 1. The summed E-state index contributed by atoms with van der Waals surface area (Å²) in [6.45, 7) is 9.59. The lowest BCUT2D eigenvalue weighted by molar-refractivity contribution is 0.0501. The maximum Gasteiger partial charge on any atom is 0.407 e. The fourth-order valence-corrected chi connectivity index (χ4v) is 3.28. The molecule has 2 aromatic rings. The standard InChI is InChI=1S/C19H27N3O4S/c1-6-19(7-2,11-20-17(24)26-18(3,4)5)22-16(23)14-15(25-12-21-14)13-9-8-10-27-13/h8-10,12H,6-7,11H2,1-5H3,(H,20,24)(H,22,23). The average molecular weight is 394 g/mol. The van der Waals surface area contributed by atoms with Gasteiger partial charge in [-0.3, -0.25) is 4.79 Å². The number of amides is 2. The van der Waals surface area contributed by atoms with Gasteiger partial charge in [0.1, 0.15) is 5.60 Å². The molecule has 0 radical (unpaired) electrons. The highest BCUT2D eigenvalue weighted by atomic mass is 32.1. The maximum absolute atomic E-state index is 12.9. The van der Waals surface area contributed by atoms with Gasteiger partial charge in [-0.15, -0.1) is 11.3 Å². The Balaban J connectivity index is 2.10. The maximum atomic E-state index is 12.9. The van der Waals surface area contributed by atoms with E-state index in [0.29, 0.717) is 18.6 Å². The smallest absolute Gasteiger partial charge is 0.407 e. The van der Waals surface area contributed by atoms with E-state index >= 15 is 0 Å². The number of aromatic nitrogens is 1. The van der Waals surface area contributed by atoms with Gasteiger partial charge in [0.25, 0.3) is 5.91 Å². The van der Waals surface area contributed by atoms with Gasteiger partial charge in [-0.25, -0.2) is 9.78 Å². The molecule has 0 saturated carbocycles. The van der Waals surface area contributed by atoms with Gasteiger partial charge in [0.05, 0.1) is 10.4 Å². The molecule has 0 atom stereocenters. The number of alkyl carbamates (subject to hydrolysis) is 1. The van der Waals surface area contributed by atoms with E-state index in [1.54, 1.807) is 20.8 Å². The Labute approximate surface area is 163 Å². The summed E-state index contributed by atoms with van der Waals surface area (Å²) in [5, 5.41) is 7.69. The minimum absolute atomic E-state index is 0.237. The van der Waals surface area contributed by atoms with E-state index in [4.69, 9.17) is 9.15 Å². The Morgan fingerprint density at radius 1 is 1.26 bits per heavy atom. The largest absolute Gasteiger partial charge is 0.444 e. The highest BCUT2D eigenvalue weighted by molar-refractivity contribution is 7.13.